The molecule has 1 aromatic heterocycles. The first kappa shape index (κ1) is 17.5. The van der Waals surface area contributed by atoms with Crippen LogP contribution in [0.15, 0.2) is 89.7 Å². The smallest absolute Gasteiger partial charge is 0.134 e. The highest BCUT2D eigenvalue weighted by Crippen LogP contribution is 2.39. The molecule has 0 saturated heterocycles. The lowest BCUT2D eigenvalue weighted by Gasteiger charge is -2.16. The highest BCUT2D eigenvalue weighted by atomic mass is 32.1. The van der Waals surface area contributed by atoms with Gasteiger partial charge in [-0.25, -0.2) is 4.98 Å². The fraction of sp³-hybridized carbons (Fsp3) is 0.136. The van der Waals surface area contributed by atoms with Crippen LogP contribution in [-0.4, -0.2) is 10.1 Å². The summed E-state index contributed by atoms with van der Waals surface area (Å²) in [7, 11) is 0. The van der Waals surface area contributed by atoms with Crippen molar-refractivity contribution in [2.75, 3.05) is 0 Å². The first-order valence-corrected chi connectivity index (χ1v) is 9.58. The van der Waals surface area contributed by atoms with Crippen molar-refractivity contribution in [1.82, 2.24) is 4.98 Å². The topological polar surface area (TPSA) is 51.6 Å². The fourth-order valence-electron chi connectivity index (χ4n) is 2.62. The van der Waals surface area contributed by atoms with Crippen LogP contribution in [0.2, 0.25) is 0 Å². The van der Waals surface area contributed by atoms with Crippen LogP contribution >= 0.6 is 11.3 Å². The summed E-state index contributed by atoms with van der Waals surface area (Å²) in [6.07, 6.45) is 2.75. The molecule has 2 aromatic carbocycles. The predicted octanol–water partition coefficient (Wildman–Crippen LogP) is 5.65. The number of para-hydroxylation sites is 1. The maximum Gasteiger partial charge on any atom is 0.134 e. The van der Waals surface area contributed by atoms with Gasteiger partial charge < -0.3 is 14.6 Å². The van der Waals surface area contributed by atoms with Crippen LogP contribution in [0.5, 0.6) is 17.2 Å². The fourth-order valence-corrected chi connectivity index (χ4v) is 3.27. The molecular formula is C22H19NO3S. The molecule has 1 unspecified atom stereocenters. The quantitative estimate of drug-likeness (QED) is 0.541. The van der Waals surface area contributed by atoms with Gasteiger partial charge in [0.15, 0.2) is 0 Å². The van der Waals surface area contributed by atoms with E-state index >= 15 is 0 Å². The van der Waals surface area contributed by atoms with Crippen LogP contribution in [0.25, 0.3) is 0 Å². The molecule has 1 aliphatic carbocycles. The molecule has 4 nitrogen and oxygen atoms in total. The Morgan fingerprint density at radius 1 is 1.00 bits per heavy atom. The van der Waals surface area contributed by atoms with Crippen LogP contribution in [0.3, 0.4) is 0 Å². The third-order valence-electron chi connectivity index (χ3n) is 4.15. The summed E-state index contributed by atoms with van der Waals surface area (Å²) in [6, 6.07) is 17.0. The molecular weight excluding hydrogens is 358 g/mol. The van der Waals surface area contributed by atoms with E-state index in [-0.39, 0.29) is 0 Å². The third-order valence-corrected chi connectivity index (χ3v) is 4.98. The van der Waals surface area contributed by atoms with Gasteiger partial charge in [-0.15, -0.1) is 11.3 Å². The van der Waals surface area contributed by atoms with Crippen molar-refractivity contribution in [1.29, 1.82) is 0 Å². The van der Waals surface area contributed by atoms with Crippen molar-refractivity contribution >= 4 is 11.3 Å². The van der Waals surface area contributed by atoms with Crippen LogP contribution in [0.4, 0.5) is 0 Å². The molecule has 1 N–H and O–H groups in total. The number of hydrogen-bond acceptors (Lipinski definition) is 5. The monoisotopic (exact) mass is 377 g/mol. The SMILES string of the molecule is C=C(C(Oc1ccc(Oc2ccccc2)cc1)=C1CC1)C(O)c1nccs1. The van der Waals surface area contributed by atoms with Gasteiger partial charge in [0.25, 0.3) is 0 Å². The van der Waals surface area contributed by atoms with Gasteiger partial charge >= 0.3 is 0 Å². The van der Waals surface area contributed by atoms with Crippen molar-refractivity contribution in [3.05, 3.63) is 94.7 Å². The predicted molar refractivity (Wildman–Crippen MR) is 106 cm³/mol. The van der Waals surface area contributed by atoms with E-state index in [1.54, 1.807) is 6.20 Å². The van der Waals surface area contributed by atoms with E-state index in [4.69, 9.17) is 9.47 Å². The number of thiazole rings is 1. The molecule has 0 bridgehead atoms. The number of aliphatic hydroxyl groups excluding tert-OH is 1. The summed E-state index contributed by atoms with van der Waals surface area (Å²) in [4.78, 5) is 4.17. The summed E-state index contributed by atoms with van der Waals surface area (Å²) >= 11 is 1.40. The molecule has 4 rings (SSSR count). The highest BCUT2D eigenvalue weighted by molar-refractivity contribution is 7.09. The molecule has 1 atom stereocenters. The van der Waals surface area contributed by atoms with Gasteiger partial charge in [-0.05, 0) is 54.8 Å². The molecule has 1 saturated carbocycles. The highest BCUT2D eigenvalue weighted by Gasteiger charge is 2.27. The molecule has 136 valence electrons. The van der Waals surface area contributed by atoms with Gasteiger partial charge in [-0.1, -0.05) is 24.8 Å². The number of allylic oxidation sites excluding steroid dienone is 1. The summed E-state index contributed by atoms with van der Waals surface area (Å²) in [5.41, 5.74) is 1.71. The van der Waals surface area contributed by atoms with Gasteiger partial charge in [0, 0.05) is 17.2 Å². The van der Waals surface area contributed by atoms with E-state index in [9.17, 15) is 5.11 Å². The molecule has 3 aromatic rings. The van der Waals surface area contributed by atoms with E-state index in [0.717, 1.165) is 24.3 Å². The summed E-state index contributed by atoms with van der Waals surface area (Å²) in [5.74, 6) is 2.86. The standard InChI is InChI=1S/C22H19NO3S/c1-15(20(24)22-23-13-14-27-22)21(16-7-8-16)26-19-11-9-18(10-12-19)25-17-5-3-2-4-6-17/h2-6,9-14,20,24H,1,7-8H2. The normalized spacial score (nSPS) is 13.7. The van der Waals surface area contributed by atoms with Crippen molar-refractivity contribution in [3.63, 3.8) is 0 Å². The largest absolute Gasteiger partial charge is 0.457 e. The molecule has 1 aliphatic rings. The van der Waals surface area contributed by atoms with E-state index < -0.39 is 6.10 Å². The minimum Gasteiger partial charge on any atom is -0.457 e. The van der Waals surface area contributed by atoms with Gasteiger partial charge in [-0.2, -0.15) is 0 Å². The molecule has 5 heteroatoms. The molecule has 0 amide bonds. The first-order valence-electron chi connectivity index (χ1n) is 8.70. The number of hydrogen-bond donors (Lipinski definition) is 1. The lowest BCUT2D eigenvalue weighted by molar-refractivity contribution is 0.209. The van der Waals surface area contributed by atoms with E-state index in [0.29, 0.717) is 22.1 Å². The molecule has 0 aliphatic heterocycles. The minimum absolute atomic E-state index is 0.544. The lowest BCUT2D eigenvalue weighted by atomic mass is 10.1. The number of nitrogens with zero attached hydrogens (tertiary/aromatic N) is 1. The number of benzene rings is 2. The number of aromatic nitrogens is 1. The van der Waals surface area contributed by atoms with Crippen LogP contribution in [-0.2, 0) is 0 Å². The second-order valence-corrected chi connectivity index (χ2v) is 7.15. The average molecular weight is 377 g/mol. The zero-order valence-corrected chi connectivity index (χ0v) is 15.5. The Balaban J connectivity index is 1.47. The third kappa shape index (κ3) is 4.27. The summed E-state index contributed by atoms with van der Waals surface area (Å²) in [6.45, 7) is 4.05. The Hall–Kier alpha value is -2.89. The average Bonchev–Trinajstić information content (AvgIpc) is 3.40. The Morgan fingerprint density at radius 2 is 1.67 bits per heavy atom. The number of rotatable bonds is 7. The molecule has 0 radical (unpaired) electrons. The number of ether oxygens (including phenoxy) is 2. The van der Waals surface area contributed by atoms with Crippen molar-refractivity contribution in [3.8, 4) is 17.2 Å². The Kier molecular flexibility index (Phi) is 5.05. The Bertz CT molecular complexity index is 941. The van der Waals surface area contributed by atoms with Gasteiger partial charge in [0.05, 0.1) is 0 Å². The van der Waals surface area contributed by atoms with Crippen molar-refractivity contribution in [2.24, 2.45) is 0 Å². The lowest BCUT2D eigenvalue weighted by Crippen LogP contribution is -2.07. The zero-order valence-electron chi connectivity index (χ0n) is 14.7. The molecule has 0 spiro atoms. The van der Waals surface area contributed by atoms with Gasteiger partial charge in [0.2, 0.25) is 0 Å². The number of aliphatic hydroxyl groups is 1. The maximum atomic E-state index is 10.5. The molecule has 1 heterocycles. The van der Waals surface area contributed by atoms with Crippen molar-refractivity contribution in [2.45, 2.75) is 18.9 Å². The summed E-state index contributed by atoms with van der Waals surface area (Å²) < 4.78 is 11.9. The Labute approximate surface area is 162 Å². The molecule has 1 fully saturated rings. The van der Waals surface area contributed by atoms with Gasteiger partial charge in [0.1, 0.15) is 34.1 Å². The van der Waals surface area contributed by atoms with Crippen LogP contribution < -0.4 is 9.47 Å². The van der Waals surface area contributed by atoms with E-state index in [1.165, 1.54) is 16.9 Å². The van der Waals surface area contributed by atoms with Crippen LogP contribution in [0.1, 0.15) is 24.0 Å². The van der Waals surface area contributed by atoms with Crippen molar-refractivity contribution < 1.29 is 14.6 Å². The van der Waals surface area contributed by atoms with E-state index in [2.05, 4.69) is 11.6 Å². The van der Waals surface area contributed by atoms with Crippen LogP contribution in [0, 0.1) is 0 Å². The summed E-state index contributed by atoms with van der Waals surface area (Å²) in [5, 5.41) is 13.0. The first-order chi connectivity index (χ1) is 13.2. The minimum atomic E-state index is -0.853. The molecule has 27 heavy (non-hydrogen) atoms. The zero-order chi connectivity index (χ0) is 18.6. The maximum absolute atomic E-state index is 10.5. The second kappa shape index (κ2) is 7.78. The Morgan fingerprint density at radius 3 is 2.30 bits per heavy atom. The van der Waals surface area contributed by atoms with Gasteiger partial charge in [-0.3, -0.25) is 0 Å². The second-order valence-electron chi connectivity index (χ2n) is 6.22. The van der Waals surface area contributed by atoms with E-state index in [1.807, 2.05) is 60.0 Å².